The number of halogens is 2. The zero-order chi connectivity index (χ0) is 11.1. The molecule has 0 amide bonds. The van der Waals surface area contributed by atoms with Gasteiger partial charge in [-0.2, -0.15) is 0 Å². The van der Waals surface area contributed by atoms with Crippen molar-refractivity contribution in [3.63, 3.8) is 0 Å². The van der Waals surface area contributed by atoms with Crippen LogP contribution >= 0.6 is 22.3 Å². The fraction of sp³-hybridized carbons (Fsp3) is 0.125. The van der Waals surface area contributed by atoms with Crippen LogP contribution in [-0.2, 0) is 14.8 Å². The number of fused-ring (bicyclic) bond motifs is 1. The van der Waals surface area contributed by atoms with Crippen LogP contribution in [0.4, 0.5) is 0 Å². The van der Waals surface area contributed by atoms with E-state index in [-0.39, 0.29) is 11.4 Å². The van der Waals surface area contributed by atoms with Gasteiger partial charge in [0, 0.05) is 21.1 Å². The molecule has 0 fully saturated rings. The third-order valence-corrected chi connectivity index (χ3v) is 3.00. The molecule has 0 radical (unpaired) electrons. The van der Waals surface area contributed by atoms with Crippen LogP contribution in [0.1, 0.15) is 5.69 Å². The lowest BCUT2D eigenvalue weighted by atomic mass is 10.2. The lowest BCUT2D eigenvalue weighted by molar-refractivity contribution is 0.449. The molecule has 1 aromatic heterocycles. The van der Waals surface area contributed by atoms with E-state index in [4.69, 9.17) is 26.8 Å². The van der Waals surface area contributed by atoms with E-state index in [1.807, 2.05) is 0 Å². The van der Waals surface area contributed by atoms with Gasteiger partial charge in [-0.3, -0.25) is 0 Å². The summed E-state index contributed by atoms with van der Waals surface area (Å²) in [6.07, 6.45) is 0. The highest BCUT2D eigenvalue weighted by Crippen LogP contribution is 2.24. The Hall–Kier alpha value is -0.780. The van der Waals surface area contributed by atoms with E-state index in [2.05, 4.69) is 5.16 Å². The maximum atomic E-state index is 10.9. The predicted octanol–water partition coefficient (Wildman–Crippen LogP) is 2.55. The maximum absolute atomic E-state index is 10.9. The summed E-state index contributed by atoms with van der Waals surface area (Å²) in [7, 11) is 1.48. The van der Waals surface area contributed by atoms with Gasteiger partial charge in [-0.25, -0.2) is 8.42 Å². The summed E-state index contributed by atoms with van der Waals surface area (Å²) in [5.74, 6) is -0.373. The quantitative estimate of drug-likeness (QED) is 0.784. The summed E-state index contributed by atoms with van der Waals surface area (Å²) in [6.45, 7) is 0. The van der Waals surface area contributed by atoms with Crippen molar-refractivity contribution in [2.45, 2.75) is 5.75 Å². The minimum atomic E-state index is -3.64. The van der Waals surface area contributed by atoms with Crippen LogP contribution in [0.2, 0.25) is 5.02 Å². The molecule has 1 heterocycles. The van der Waals surface area contributed by atoms with Crippen LogP contribution in [-0.4, -0.2) is 13.6 Å². The summed E-state index contributed by atoms with van der Waals surface area (Å²) in [5, 5.41) is 4.67. The van der Waals surface area contributed by atoms with Gasteiger partial charge in [-0.1, -0.05) is 16.8 Å². The smallest absolute Gasteiger partial charge is 0.238 e. The minimum Gasteiger partial charge on any atom is -0.356 e. The van der Waals surface area contributed by atoms with Gasteiger partial charge in [0.2, 0.25) is 9.05 Å². The first-order valence-corrected chi connectivity index (χ1v) is 6.77. The maximum Gasteiger partial charge on any atom is 0.238 e. The van der Waals surface area contributed by atoms with Crippen molar-refractivity contribution in [1.82, 2.24) is 5.16 Å². The average molecular weight is 266 g/mol. The molecule has 0 saturated heterocycles. The fourth-order valence-electron chi connectivity index (χ4n) is 1.23. The Labute approximate surface area is 95.2 Å². The normalized spacial score (nSPS) is 12.1. The first kappa shape index (κ1) is 10.7. The molecular weight excluding hydrogens is 261 g/mol. The van der Waals surface area contributed by atoms with Crippen LogP contribution in [0.15, 0.2) is 22.7 Å². The number of hydrogen-bond acceptors (Lipinski definition) is 4. The van der Waals surface area contributed by atoms with Crippen molar-refractivity contribution < 1.29 is 12.9 Å². The standard InChI is InChI=1S/C8H5Cl2NO3S/c9-5-1-2-8-6(3-5)7(11-14-8)4-15(10,12)13/h1-3H,4H2. The Balaban J connectivity index is 2.57. The molecule has 0 atom stereocenters. The average Bonchev–Trinajstić information content (AvgIpc) is 2.46. The van der Waals surface area contributed by atoms with Crippen molar-refractivity contribution >= 4 is 42.3 Å². The van der Waals surface area contributed by atoms with Gasteiger partial charge in [0.05, 0.1) is 0 Å². The highest BCUT2D eigenvalue weighted by Gasteiger charge is 2.15. The van der Waals surface area contributed by atoms with Crippen molar-refractivity contribution in [3.05, 3.63) is 28.9 Å². The molecule has 7 heteroatoms. The first-order valence-electron chi connectivity index (χ1n) is 3.92. The third-order valence-electron chi connectivity index (χ3n) is 1.82. The fourth-order valence-corrected chi connectivity index (χ4v) is 2.25. The van der Waals surface area contributed by atoms with Gasteiger partial charge in [0.25, 0.3) is 0 Å². The summed E-state index contributed by atoms with van der Waals surface area (Å²) >= 11 is 5.77. The Kier molecular flexibility index (Phi) is 2.62. The summed E-state index contributed by atoms with van der Waals surface area (Å²) in [4.78, 5) is 0. The van der Waals surface area contributed by atoms with Crippen molar-refractivity contribution in [2.24, 2.45) is 0 Å². The molecule has 1 aromatic carbocycles. The monoisotopic (exact) mass is 265 g/mol. The SMILES string of the molecule is O=S(=O)(Cl)Cc1noc2ccc(Cl)cc12. The second-order valence-electron chi connectivity index (χ2n) is 2.95. The minimum absolute atomic E-state index is 0.266. The van der Waals surface area contributed by atoms with Crippen molar-refractivity contribution in [1.29, 1.82) is 0 Å². The van der Waals surface area contributed by atoms with E-state index < -0.39 is 9.05 Å². The Bertz CT molecular complexity index is 605. The van der Waals surface area contributed by atoms with E-state index in [1.165, 1.54) is 0 Å². The molecule has 0 saturated carbocycles. The van der Waals surface area contributed by atoms with E-state index in [0.717, 1.165) is 0 Å². The lowest BCUT2D eigenvalue weighted by Gasteiger charge is -1.92. The molecule has 0 aliphatic carbocycles. The van der Waals surface area contributed by atoms with E-state index in [9.17, 15) is 8.42 Å². The zero-order valence-corrected chi connectivity index (χ0v) is 9.60. The molecule has 2 rings (SSSR count). The number of hydrogen-bond donors (Lipinski definition) is 0. The van der Waals surface area contributed by atoms with Crippen LogP contribution < -0.4 is 0 Å². The number of aromatic nitrogens is 1. The molecular formula is C8H5Cl2NO3S. The molecule has 0 spiro atoms. The van der Waals surface area contributed by atoms with E-state index >= 15 is 0 Å². The van der Waals surface area contributed by atoms with Gasteiger partial charge >= 0.3 is 0 Å². The van der Waals surface area contributed by atoms with E-state index in [0.29, 0.717) is 16.0 Å². The van der Waals surface area contributed by atoms with E-state index in [1.54, 1.807) is 18.2 Å². The molecule has 0 N–H and O–H groups in total. The lowest BCUT2D eigenvalue weighted by Crippen LogP contribution is -1.95. The molecule has 0 aliphatic rings. The van der Waals surface area contributed by atoms with Crippen molar-refractivity contribution in [2.75, 3.05) is 0 Å². The van der Waals surface area contributed by atoms with Crippen LogP contribution in [0.3, 0.4) is 0 Å². The highest BCUT2D eigenvalue weighted by atomic mass is 35.7. The van der Waals surface area contributed by atoms with Gasteiger partial charge in [0.15, 0.2) is 5.58 Å². The van der Waals surface area contributed by atoms with Crippen LogP contribution in [0.25, 0.3) is 11.0 Å². The third kappa shape index (κ3) is 2.42. The zero-order valence-electron chi connectivity index (χ0n) is 7.28. The summed E-state index contributed by atoms with van der Waals surface area (Å²) in [6, 6.07) is 4.84. The van der Waals surface area contributed by atoms with Gasteiger partial charge < -0.3 is 4.52 Å². The second kappa shape index (κ2) is 3.66. The molecule has 15 heavy (non-hydrogen) atoms. The van der Waals surface area contributed by atoms with Crippen LogP contribution in [0, 0.1) is 0 Å². The molecule has 0 unspecified atom stereocenters. The second-order valence-corrected chi connectivity index (χ2v) is 6.17. The van der Waals surface area contributed by atoms with Gasteiger partial charge in [-0.05, 0) is 18.2 Å². The summed E-state index contributed by atoms with van der Waals surface area (Å²) in [5.41, 5.74) is 0.747. The van der Waals surface area contributed by atoms with Gasteiger partial charge in [-0.15, -0.1) is 0 Å². The summed E-state index contributed by atoms with van der Waals surface area (Å²) < 4.78 is 26.7. The Morgan fingerprint density at radius 1 is 1.40 bits per heavy atom. The largest absolute Gasteiger partial charge is 0.356 e. The molecule has 4 nitrogen and oxygen atoms in total. The highest BCUT2D eigenvalue weighted by molar-refractivity contribution is 8.13. The number of benzene rings is 1. The van der Waals surface area contributed by atoms with Crippen LogP contribution in [0.5, 0.6) is 0 Å². The molecule has 0 bridgehead atoms. The Morgan fingerprint density at radius 2 is 2.13 bits per heavy atom. The molecule has 80 valence electrons. The first-order chi connectivity index (χ1) is 6.96. The topological polar surface area (TPSA) is 60.2 Å². The molecule has 0 aliphatic heterocycles. The van der Waals surface area contributed by atoms with Crippen molar-refractivity contribution in [3.8, 4) is 0 Å². The predicted molar refractivity (Wildman–Crippen MR) is 57.5 cm³/mol. The molecule has 2 aromatic rings. The van der Waals surface area contributed by atoms with Gasteiger partial charge in [0.1, 0.15) is 11.4 Å². The number of nitrogens with zero attached hydrogens (tertiary/aromatic N) is 1. The Morgan fingerprint density at radius 3 is 2.80 bits per heavy atom. The number of rotatable bonds is 2.